The first-order chi connectivity index (χ1) is 14.6. The van der Waals surface area contributed by atoms with Crippen molar-refractivity contribution in [3.8, 4) is 17.2 Å². The highest BCUT2D eigenvalue weighted by molar-refractivity contribution is 5.99. The van der Waals surface area contributed by atoms with E-state index >= 15 is 0 Å². The van der Waals surface area contributed by atoms with Gasteiger partial charge >= 0.3 is 0 Å². The number of ether oxygens (including phenoxy) is 2. The molecule has 0 bridgehead atoms. The summed E-state index contributed by atoms with van der Waals surface area (Å²) in [6, 6.07) is 14.2. The van der Waals surface area contributed by atoms with Gasteiger partial charge in [0.05, 0.1) is 5.69 Å². The molecular formula is C22H22N4O4. The lowest BCUT2D eigenvalue weighted by Gasteiger charge is -2.21. The molecule has 3 aromatic rings. The van der Waals surface area contributed by atoms with Gasteiger partial charge in [0, 0.05) is 36.3 Å². The Morgan fingerprint density at radius 3 is 2.57 bits per heavy atom. The number of nitrogens with zero attached hydrogens (tertiary/aromatic N) is 3. The number of hydrogen-bond donors (Lipinski definition) is 1. The number of benzene rings is 2. The zero-order chi connectivity index (χ0) is 20.9. The minimum absolute atomic E-state index is 0.0509. The molecule has 0 unspecified atom stereocenters. The number of nitrogens with one attached hydrogen (secondary N) is 1. The quantitative estimate of drug-likeness (QED) is 0.680. The normalized spacial score (nSPS) is 12.3. The highest BCUT2D eigenvalue weighted by Gasteiger charge is 2.18. The number of fused-ring (bicyclic) bond motifs is 1. The Hall–Kier alpha value is -3.81. The summed E-state index contributed by atoms with van der Waals surface area (Å²) in [6.45, 7) is 3.18. The van der Waals surface area contributed by atoms with Gasteiger partial charge in [-0.15, -0.1) is 0 Å². The van der Waals surface area contributed by atoms with Gasteiger partial charge in [0.1, 0.15) is 19.8 Å². The van der Waals surface area contributed by atoms with E-state index in [4.69, 9.17) is 9.47 Å². The molecule has 0 spiro atoms. The summed E-state index contributed by atoms with van der Waals surface area (Å²) in [5.74, 6) is 0.764. The van der Waals surface area contributed by atoms with Crippen molar-refractivity contribution in [1.29, 1.82) is 0 Å². The molecule has 0 radical (unpaired) electrons. The fourth-order valence-corrected chi connectivity index (χ4v) is 3.18. The number of likely N-dealkylation sites (N-methyl/N-ethyl adjacent to an activating group) is 1. The molecule has 2 aromatic carbocycles. The van der Waals surface area contributed by atoms with Crippen molar-refractivity contribution < 1.29 is 19.1 Å². The van der Waals surface area contributed by atoms with E-state index in [0.29, 0.717) is 42.5 Å². The Labute approximate surface area is 174 Å². The molecule has 0 atom stereocenters. The van der Waals surface area contributed by atoms with Gasteiger partial charge in [0.25, 0.3) is 5.91 Å². The maximum Gasteiger partial charge on any atom is 0.254 e. The summed E-state index contributed by atoms with van der Waals surface area (Å²) < 4.78 is 12.7. The Morgan fingerprint density at radius 2 is 1.87 bits per heavy atom. The minimum Gasteiger partial charge on any atom is -0.486 e. The third-order valence-corrected chi connectivity index (χ3v) is 4.71. The standard InChI is InChI=1S/C22H22N4O4/c1-2-25(22(28)16-4-7-18(8-5-16)26-11-3-10-23-26)15-21(27)24-17-6-9-19-20(14-17)30-13-12-29-19/h3-11,14H,2,12-13,15H2,1H3,(H,24,27). The minimum atomic E-state index is -0.282. The van der Waals surface area contributed by atoms with Crippen LogP contribution in [0, 0.1) is 0 Å². The predicted molar refractivity (Wildman–Crippen MR) is 111 cm³/mol. The fourth-order valence-electron chi connectivity index (χ4n) is 3.18. The number of amides is 2. The van der Waals surface area contributed by atoms with Gasteiger partial charge in [0.2, 0.25) is 5.91 Å². The predicted octanol–water partition coefficient (Wildman–Crippen LogP) is 2.74. The van der Waals surface area contributed by atoms with Crippen LogP contribution in [-0.2, 0) is 4.79 Å². The van der Waals surface area contributed by atoms with Crippen LogP contribution in [0.2, 0.25) is 0 Å². The largest absolute Gasteiger partial charge is 0.486 e. The summed E-state index contributed by atoms with van der Waals surface area (Å²) >= 11 is 0. The van der Waals surface area contributed by atoms with Crippen LogP contribution in [0.4, 0.5) is 5.69 Å². The van der Waals surface area contributed by atoms with E-state index in [-0.39, 0.29) is 18.4 Å². The molecule has 8 nitrogen and oxygen atoms in total. The molecule has 8 heteroatoms. The molecule has 2 heterocycles. The molecular weight excluding hydrogens is 384 g/mol. The van der Waals surface area contributed by atoms with Crippen molar-refractivity contribution in [2.75, 3.05) is 31.6 Å². The van der Waals surface area contributed by atoms with Crippen molar-refractivity contribution >= 4 is 17.5 Å². The molecule has 0 saturated heterocycles. The molecule has 30 heavy (non-hydrogen) atoms. The molecule has 0 saturated carbocycles. The first kappa shape index (κ1) is 19.5. The second-order valence-corrected chi connectivity index (χ2v) is 6.72. The van der Waals surface area contributed by atoms with Gasteiger partial charge in [-0.25, -0.2) is 4.68 Å². The Balaban J connectivity index is 1.39. The van der Waals surface area contributed by atoms with E-state index in [9.17, 15) is 9.59 Å². The zero-order valence-corrected chi connectivity index (χ0v) is 16.6. The lowest BCUT2D eigenvalue weighted by molar-refractivity contribution is -0.116. The average Bonchev–Trinajstić information content (AvgIpc) is 3.32. The van der Waals surface area contributed by atoms with Crippen LogP contribution >= 0.6 is 0 Å². The number of anilines is 1. The van der Waals surface area contributed by atoms with Crippen molar-refractivity contribution in [3.05, 3.63) is 66.5 Å². The van der Waals surface area contributed by atoms with E-state index < -0.39 is 0 Å². The van der Waals surface area contributed by atoms with Gasteiger partial charge in [-0.3, -0.25) is 9.59 Å². The summed E-state index contributed by atoms with van der Waals surface area (Å²) in [5, 5.41) is 6.98. The molecule has 1 aromatic heterocycles. The van der Waals surface area contributed by atoms with E-state index in [1.54, 1.807) is 41.2 Å². The topological polar surface area (TPSA) is 85.7 Å². The number of aromatic nitrogens is 2. The van der Waals surface area contributed by atoms with Gasteiger partial charge in [-0.2, -0.15) is 5.10 Å². The maximum atomic E-state index is 12.8. The summed E-state index contributed by atoms with van der Waals surface area (Å²) in [4.78, 5) is 26.8. The molecule has 0 aliphatic carbocycles. The summed E-state index contributed by atoms with van der Waals surface area (Å²) in [5.41, 5.74) is 1.96. The van der Waals surface area contributed by atoms with Crippen LogP contribution < -0.4 is 14.8 Å². The van der Waals surface area contributed by atoms with Gasteiger partial charge < -0.3 is 19.7 Å². The SMILES string of the molecule is CCN(CC(=O)Nc1ccc2c(c1)OCCO2)C(=O)c1ccc(-n2cccn2)cc1. The van der Waals surface area contributed by atoms with Crippen molar-refractivity contribution in [2.24, 2.45) is 0 Å². The van der Waals surface area contributed by atoms with Crippen molar-refractivity contribution in [1.82, 2.24) is 14.7 Å². The molecule has 4 rings (SSSR count). The first-order valence-corrected chi connectivity index (χ1v) is 9.73. The number of rotatable bonds is 6. The van der Waals surface area contributed by atoms with Crippen LogP contribution in [-0.4, -0.2) is 52.8 Å². The van der Waals surface area contributed by atoms with E-state index in [1.807, 2.05) is 31.3 Å². The van der Waals surface area contributed by atoms with Crippen molar-refractivity contribution in [2.45, 2.75) is 6.92 Å². The molecule has 154 valence electrons. The number of hydrogen-bond acceptors (Lipinski definition) is 5. The summed E-state index contributed by atoms with van der Waals surface area (Å²) in [7, 11) is 0. The number of carbonyl (C=O) groups is 2. The average molecular weight is 406 g/mol. The van der Waals surface area contributed by atoms with Crippen LogP contribution in [0.15, 0.2) is 60.9 Å². The second kappa shape index (κ2) is 8.69. The monoisotopic (exact) mass is 406 g/mol. The van der Waals surface area contributed by atoms with Gasteiger partial charge in [-0.05, 0) is 49.4 Å². The molecule has 1 N–H and O–H groups in total. The second-order valence-electron chi connectivity index (χ2n) is 6.72. The maximum absolute atomic E-state index is 12.8. The van der Waals surface area contributed by atoms with Crippen LogP contribution in [0.5, 0.6) is 11.5 Å². The highest BCUT2D eigenvalue weighted by Crippen LogP contribution is 2.32. The number of carbonyl (C=O) groups excluding carboxylic acids is 2. The Kier molecular flexibility index (Phi) is 5.65. The fraction of sp³-hybridized carbons (Fsp3) is 0.227. The third-order valence-electron chi connectivity index (χ3n) is 4.71. The van der Waals surface area contributed by atoms with E-state index in [1.165, 1.54) is 4.90 Å². The molecule has 0 fully saturated rings. The lowest BCUT2D eigenvalue weighted by atomic mass is 10.1. The Morgan fingerprint density at radius 1 is 1.10 bits per heavy atom. The molecule has 1 aliphatic rings. The first-order valence-electron chi connectivity index (χ1n) is 9.73. The van der Waals surface area contributed by atoms with E-state index in [0.717, 1.165) is 5.69 Å². The van der Waals surface area contributed by atoms with Gasteiger partial charge in [0.15, 0.2) is 11.5 Å². The smallest absolute Gasteiger partial charge is 0.254 e. The van der Waals surface area contributed by atoms with E-state index in [2.05, 4.69) is 10.4 Å². The molecule has 1 aliphatic heterocycles. The highest BCUT2D eigenvalue weighted by atomic mass is 16.6. The van der Waals surface area contributed by atoms with Crippen LogP contribution in [0.25, 0.3) is 5.69 Å². The van der Waals surface area contributed by atoms with Crippen LogP contribution in [0.1, 0.15) is 17.3 Å². The summed E-state index contributed by atoms with van der Waals surface area (Å²) in [6.07, 6.45) is 3.52. The lowest BCUT2D eigenvalue weighted by Crippen LogP contribution is -2.37. The van der Waals surface area contributed by atoms with Crippen LogP contribution in [0.3, 0.4) is 0 Å². The zero-order valence-electron chi connectivity index (χ0n) is 16.6. The van der Waals surface area contributed by atoms with Crippen molar-refractivity contribution in [3.63, 3.8) is 0 Å². The third kappa shape index (κ3) is 4.27. The van der Waals surface area contributed by atoms with Gasteiger partial charge in [-0.1, -0.05) is 0 Å². The Bertz CT molecular complexity index is 1030. The molecule has 2 amide bonds.